The summed E-state index contributed by atoms with van der Waals surface area (Å²) in [6.07, 6.45) is 0. The predicted octanol–water partition coefficient (Wildman–Crippen LogP) is 4.49. The molecule has 0 N–H and O–H groups in total. The molecule has 1 heterocycles. The summed E-state index contributed by atoms with van der Waals surface area (Å²) >= 11 is 1.42. The molecule has 6 heteroatoms. The molecule has 0 aliphatic heterocycles. The number of aromatic nitrogens is 3. The highest BCUT2D eigenvalue weighted by Crippen LogP contribution is 2.25. The summed E-state index contributed by atoms with van der Waals surface area (Å²) in [5, 5.41) is 9.46. The summed E-state index contributed by atoms with van der Waals surface area (Å²) in [6, 6.07) is 14.1. The minimum Gasteiger partial charge on any atom is -0.383 e. The zero-order valence-corrected chi connectivity index (χ0v) is 17.5. The van der Waals surface area contributed by atoms with E-state index in [-0.39, 0.29) is 5.78 Å². The van der Waals surface area contributed by atoms with Gasteiger partial charge in [0.2, 0.25) is 0 Å². The largest absolute Gasteiger partial charge is 0.383 e. The molecule has 0 fully saturated rings. The van der Waals surface area contributed by atoms with Crippen LogP contribution in [0.3, 0.4) is 0 Å². The Morgan fingerprint density at radius 2 is 1.86 bits per heavy atom. The molecule has 3 rings (SSSR count). The smallest absolute Gasteiger partial charge is 0.192 e. The summed E-state index contributed by atoms with van der Waals surface area (Å²) < 4.78 is 7.28. The molecule has 0 aliphatic carbocycles. The third kappa shape index (κ3) is 4.69. The van der Waals surface area contributed by atoms with E-state index in [1.807, 2.05) is 48.7 Å². The standard InChI is InChI=1S/C22H25N3O2S/c1-15-6-5-7-18(13-15)21-23-24-22(25(21)10-11-27-4)28-14-20(26)19-9-8-16(2)12-17(19)3/h5-9,12-13H,10-11,14H2,1-4H3. The first-order chi connectivity index (χ1) is 13.5. The maximum atomic E-state index is 12.7. The van der Waals surface area contributed by atoms with Crippen molar-refractivity contribution >= 4 is 17.5 Å². The lowest BCUT2D eigenvalue weighted by molar-refractivity contribution is 0.102. The molecule has 0 bridgehead atoms. The lowest BCUT2D eigenvalue weighted by atomic mass is 10.0. The topological polar surface area (TPSA) is 57.0 Å². The van der Waals surface area contributed by atoms with E-state index in [1.54, 1.807) is 7.11 Å². The fourth-order valence-corrected chi connectivity index (χ4v) is 3.96. The lowest BCUT2D eigenvalue weighted by Crippen LogP contribution is -2.10. The van der Waals surface area contributed by atoms with E-state index in [0.29, 0.717) is 18.9 Å². The van der Waals surface area contributed by atoms with Crippen molar-refractivity contribution in [3.05, 3.63) is 64.7 Å². The molecule has 0 amide bonds. The third-order valence-electron chi connectivity index (χ3n) is 4.53. The van der Waals surface area contributed by atoms with Crippen molar-refractivity contribution in [3.63, 3.8) is 0 Å². The van der Waals surface area contributed by atoms with Gasteiger partial charge < -0.3 is 4.74 Å². The van der Waals surface area contributed by atoms with E-state index < -0.39 is 0 Å². The Balaban J connectivity index is 1.82. The molecular formula is C22H25N3O2S. The number of thioether (sulfide) groups is 1. The Hall–Kier alpha value is -2.44. The van der Waals surface area contributed by atoms with Crippen LogP contribution < -0.4 is 0 Å². The number of rotatable bonds is 8. The summed E-state index contributed by atoms with van der Waals surface area (Å²) in [6.45, 7) is 7.24. The van der Waals surface area contributed by atoms with E-state index >= 15 is 0 Å². The van der Waals surface area contributed by atoms with Gasteiger partial charge in [0.15, 0.2) is 16.8 Å². The van der Waals surface area contributed by atoms with Crippen LogP contribution in [0, 0.1) is 20.8 Å². The van der Waals surface area contributed by atoms with Gasteiger partial charge in [-0.15, -0.1) is 10.2 Å². The molecular weight excluding hydrogens is 370 g/mol. The molecule has 146 valence electrons. The fraction of sp³-hybridized carbons (Fsp3) is 0.318. The Morgan fingerprint density at radius 1 is 1.07 bits per heavy atom. The Labute approximate surface area is 170 Å². The SMILES string of the molecule is COCCn1c(SCC(=O)c2ccc(C)cc2C)nnc1-c1cccc(C)c1. The summed E-state index contributed by atoms with van der Waals surface area (Å²) in [4.78, 5) is 12.7. The van der Waals surface area contributed by atoms with Gasteiger partial charge in [-0.2, -0.15) is 0 Å². The van der Waals surface area contributed by atoms with Gasteiger partial charge in [-0.05, 0) is 32.4 Å². The summed E-state index contributed by atoms with van der Waals surface area (Å²) in [5.41, 5.74) is 5.10. The van der Waals surface area contributed by atoms with Gasteiger partial charge in [0, 0.05) is 18.2 Å². The maximum absolute atomic E-state index is 12.7. The first-order valence-electron chi connectivity index (χ1n) is 9.22. The minimum absolute atomic E-state index is 0.0981. The van der Waals surface area contributed by atoms with E-state index in [1.165, 1.54) is 11.8 Å². The number of nitrogens with zero attached hydrogens (tertiary/aromatic N) is 3. The number of ether oxygens (including phenoxy) is 1. The number of carbonyl (C=O) groups excluding carboxylic acids is 1. The molecule has 0 saturated heterocycles. The van der Waals surface area contributed by atoms with Crippen molar-refractivity contribution in [2.45, 2.75) is 32.5 Å². The molecule has 0 radical (unpaired) electrons. The molecule has 5 nitrogen and oxygen atoms in total. The highest BCUT2D eigenvalue weighted by molar-refractivity contribution is 7.99. The second-order valence-corrected chi connectivity index (χ2v) is 7.79. The van der Waals surface area contributed by atoms with E-state index in [0.717, 1.165) is 38.8 Å². The van der Waals surface area contributed by atoms with Crippen molar-refractivity contribution < 1.29 is 9.53 Å². The number of aryl methyl sites for hydroxylation is 3. The van der Waals surface area contributed by atoms with Gasteiger partial charge in [-0.1, -0.05) is 59.3 Å². The number of ketones is 1. The van der Waals surface area contributed by atoms with Crippen LogP contribution in [0.25, 0.3) is 11.4 Å². The molecule has 2 aromatic carbocycles. The van der Waals surface area contributed by atoms with E-state index in [2.05, 4.69) is 29.3 Å². The number of carbonyl (C=O) groups is 1. The van der Waals surface area contributed by atoms with Crippen LogP contribution in [-0.2, 0) is 11.3 Å². The second-order valence-electron chi connectivity index (χ2n) is 6.85. The Bertz CT molecular complexity index is 982. The van der Waals surface area contributed by atoms with Gasteiger partial charge in [-0.3, -0.25) is 9.36 Å². The van der Waals surface area contributed by atoms with Gasteiger partial charge in [0.1, 0.15) is 0 Å². The van der Waals surface area contributed by atoms with E-state index in [4.69, 9.17) is 4.74 Å². The number of benzene rings is 2. The van der Waals surface area contributed by atoms with Gasteiger partial charge in [-0.25, -0.2) is 0 Å². The monoisotopic (exact) mass is 395 g/mol. The lowest BCUT2D eigenvalue weighted by Gasteiger charge is -2.10. The number of methoxy groups -OCH3 is 1. The molecule has 28 heavy (non-hydrogen) atoms. The third-order valence-corrected chi connectivity index (χ3v) is 5.49. The first-order valence-corrected chi connectivity index (χ1v) is 10.2. The van der Waals surface area contributed by atoms with Crippen LogP contribution in [0.4, 0.5) is 0 Å². The molecule has 1 aromatic heterocycles. The normalized spacial score (nSPS) is 11.0. The van der Waals surface area contributed by atoms with Crippen molar-refractivity contribution in [1.82, 2.24) is 14.8 Å². The molecule has 0 atom stereocenters. The zero-order valence-electron chi connectivity index (χ0n) is 16.7. The molecule has 0 saturated carbocycles. The van der Waals surface area contributed by atoms with Gasteiger partial charge in [0.05, 0.1) is 18.9 Å². The molecule has 0 spiro atoms. The predicted molar refractivity (Wildman–Crippen MR) is 113 cm³/mol. The number of hydrogen-bond acceptors (Lipinski definition) is 5. The quantitative estimate of drug-likeness (QED) is 0.415. The Morgan fingerprint density at radius 3 is 2.57 bits per heavy atom. The highest BCUT2D eigenvalue weighted by atomic mass is 32.2. The van der Waals surface area contributed by atoms with Gasteiger partial charge in [0.25, 0.3) is 0 Å². The van der Waals surface area contributed by atoms with Crippen molar-refractivity contribution in [1.29, 1.82) is 0 Å². The summed E-state index contributed by atoms with van der Waals surface area (Å²) in [7, 11) is 1.67. The summed E-state index contributed by atoms with van der Waals surface area (Å²) in [5.74, 6) is 1.21. The van der Waals surface area contributed by atoms with Crippen molar-refractivity contribution in [2.24, 2.45) is 0 Å². The first kappa shape index (κ1) is 20.3. The molecule has 3 aromatic rings. The van der Waals surface area contributed by atoms with Crippen molar-refractivity contribution in [2.75, 3.05) is 19.5 Å². The van der Waals surface area contributed by atoms with Gasteiger partial charge >= 0.3 is 0 Å². The number of hydrogen-bond donors (Lipinski definition) is 0. The minimum atomic E-state index is 0.0981. The second kappa shape index (κ2) is 9.17. The van der Waals surface area contributed by atoms with Crippen LogP contribution in [0.5, 0.6) is 0 Å². The average Bonchev–Trinajstić information content (AvgIpc) is 3.07. The van der Waals surface area contributed by atoms with Crippen LogP contribution >= 0.6 is 11.8 Å². The number of Topliss-reactive ketones (excluding diaryl/α,β-unsaturated/α-hetero) is 1. The van der Waals surface area contributed by atoms with Crippen LogP contribution in [-0.4, -0.2) is 40.0 Å². The fourth-order valence-electron chi connectivity index (χ4n) is 3.11. The Kier molecular flexibility index (Phi) is 6.65. The molecule has 0 aliphatic rings. The van der Waals surface area contributed by atoms with E-state index in [9.17, 15) is 4.79 Å². The molecule has 0 unspecified atom stereocenters. The maximum Gasteiger partial charge on any atom is 0.192 e. The highest BCUT2D eigenvalue weighted by Gasteiger charge is 2.17. The van der Waals surface area contributed by atoms with Crippen LogP contribution in [0.2, 0.25) is 0 Å². The van der Waals surface area contributed by atoms with Crippen LogP contribution in [0.1, 0.15) is 27.0 Å². The average molecular weight is 396 g/mol. The van der Waals surface area contributed by atoms with Crippen LogP contribution in [0.15, 0.2) is 47.6 Å². The van der Waals surface area contributed by atoms with Crippen molar-refractivity contribution in [3.8, 4) is 11.4 Å². The zero-order chi connectivity index (χ0) is 20.1.